The summed E-state index contributed by atoms with van der Waals surface area (Å²) in [4.78, 5) is 14.3. The van der Waals surface area contributed by atoms with E-state index in [9.17, 15) is 13.2 Å². The molecule has 0 bridgehead atoms. The van der Waals surface area contributed by atoms with Crippen molar-refractivity contribution < 1.29 is 13.2 Å². The number of amides is 1. The Morgan fingerprint density at radius 2 is 1.85 bits per heavy atom. The van der Waals surface area contributed by atoms with Gasteiger partial charge in [-0.05, 0) is 31.2 Å². The van der Waals surface area contributed by atoms with Gasteiger partial charge in [-0.25, -0.2) is 8.42 Å². The molecule has 1 aromatic carbocycles. The predicted molar refractivity (Wildman–Crippen MR) is 82.5 cm³/mol. The molecule has 7 heteroatoms. The molecule has 0 spiro atoms. The van der Waals surface area contributed by atoms with Crippen LogP contribution in [0.2, 0.25) is 0 Å². The van der Waals surface area contributed by atoms with E-state index in [0.717, 1.165) is 6.26 Å². The minimum absolute atomic E-state index is 0.116. The molecular weight excluding hydrogens is 296 g/mol. The third kappa shape index (κ3) is 4.28. The lowest BCUT2D eigenvalue weighted by Crippen LogP contribution is -2.37. The van der Waals surface area contributed by atoms with Gasteiger partial charge in [-0.3, -0.25) is 4.79 Å². The van der Waals surface area contributed by atoms with E-state index in [2.05, 4.69) is 0 Å². The van der Waals surface area contributed by atoms with Crippen LogP contribution in [-0.2, 0) is 9.84 Å². The fourth-order valence-corrected chi connectivity index (χ4v) is 2.55. The topological polar surface area (TPSA) is 80.5 Å². The van der Waals surface area contributed by atoms with Crippen LogP contribution < -0.4 is 5.73 Å². The summed E-state index contributed by atoms with van der Waals surface area (Å²) in [7, 11) is -1.59. The average Bonchev–Trinajstić information content (AvgIpc) is 2.35. The molecule has 0 saturated carbocycles. The fourth-order valence-electron chi connectivity index (χ4n) is 1.68. The molecule has 0 aliphatic heterocycles. The van der Waals surface area contributed by atoms with Crippen LogP contribution in [-0.4, -0.2) is 43.6 Å². The minimum atomic E-state index is -3.26. The van der Waals surface area contributed by atoms with Crippen LogP contribution in [0.1, 0.15) is 23.7 Å². The van der Waals surface area contributed by atoms with Crippen molar-refractivity contribution in [2.24, 2.45) is 5.73 Å². The van der Waals surface area contributed by atoms with E-state index in [1.165, 1.54) is 29.2 Å². The minimum Gasteiger partial charge on any atom is -0.393 e. The predicted octanol–water partition coefficient (Wildman–Crippen LogP) is 1.23. The number of nitrogens with two attached hydrogens (primary N) is 1. The second kappa shape index (κ2) is 6.32. The summed E-state index contributed by atoms with van der Waals surface area (Å²) < 4.78 is 22.7. The summed E-state index contributed by atoms with van der Waals surface area (Å²) in [6.07, 6.45) is 1.57. The standard InChI is InChI=1S/C13H18N2O3S2/c1-9(8-12(14)19)15(2)13(16)10-4-6-11(7-5-10)20(3,17)18/h4-7,9H,8H2,1-3H3,(H2,14,19). The monoisotopic (exact) mass is 314 g/mol. The first-order valence-corrected chi connectivity index (χ1v) is 8.28. The maximum absolute atomic E-state index is 12.2. The van der Waals surface area contributed by atoms with E-state index in [0.29, 0.717) is 17.0 Å². The molecule has 1 unspecified atom stereocenters. The Morgan fingerprint density at radius 3 is 2.25 bits per heavy atom. The molecule has 0 aliphatic rings. The van der Waals surface area contributed by atoms with E-state index in [1.54, 1.807) is 7.05 Å². The molecule has 1 amide bonds. The van der Waals surface area contributed by atoms with Gasteiger partial charge in [0.05, 0.1) is 9.88 Å². The molecule has 1 atom stereocenters. The Labute approximate surface area is 124 Å². The summed E-state index contributed by atoms with van der Waals surface area (Å²) in [6, 6.07) is 5.74. The largest absolute Gasteiger partial charge is 0.393 e. The first-order chi connectivity index (χ1) is 9.12. The first-order valence-electron chi connectivity index (χ1n) is 5.98. The number of rotatable bonds is 5. The maximum atomic E-state index is 12.2. The third-order valence-electron chi connectivity index (χ3n) is 3.01. The summed E-state index contributed by atoms with van der Waals surface area (Å²) in [5, 5.41) is 0. The van der Waals surface area contributed by atoms with Gasteiger partial charge in [0.1, 0.15) is 0 Å². The van der Waals surface area contributed by atoms with E-state index >= 15 is 0 Å². The molecule has 0 fully saturated rings. The van der Waals surface area contributed by atoms with Gasteiger partial charge in [0.2, 0.25) is 0 Å². The summed E-state index contributed by atoms with van der Waals surface area (Å²) in [5.41, 5.74) is 5.89. The average molecular weight is 314 g/mol. The number of benzene rings is 1. The molecule has 5 nitrogen and oxygen atoms in total. The number of hydrogen-bond donors (Lipinski definition) is 1. The number of carbonyl (C=O) groups is 1. The normalized spacial score (nSPS) is 12.8. The smallest absolute Gasteiger partial charge is 0.253 e. The van der Waals surface area contributed by atoms with Crippen molar-refractivity contribution >= 4 is 33.0 Å². The molecule has 0 radical (unpaired) electrons. The molecule has 1 rings (SSSR count). The van der Waals surface area contributed by atoms with Gasteiger partial charge < -0.3 is 10.6 Å². The van der Waals surface area contributed by atoms with Gasteiger partial charge >= 0.3 is 0 Å². The Balaban J connectivity index is 2.90. The molecular formula is C13H18N2O3S2. The highest BCUT2D eigenvalue weighted by Gasteiger charge is 2.18. The highest BCUT2D eigenvalue weighted by molar-refractivity contribution is 7.90. The second-order valence-electron chi connectivity index (χ2n) is 4.73. The Hall–Kier alpha value is -1.47. The molecule has 0 saturated heterocycles. The zero-order valence-electron chi connectivity index (χ0n) is 11.7. The quantitative estimate of drug-likeness (QED) is 0.827. The maximum Gasteiger partial charge on any atom is 0.253 e. The number of thiocarbonyl (C=S) groups is 1. The number of carbonyl (C=O) groups excluding carboxylic acids is 1. The zero-order valence-corrected chi connectivity index (χ0v) is 13.3. The van der Waals surface area contributed by atoms with Crippen LogP contribution >= 0.6 is 12.2 Å². The fraction of sp³-hybridized carbons (Fsp3) is 0.385. The summed E-state index contributed by atoms with van der Waals surface area (Å²) in [6.45, 7) is 1.85. The highest BCUT2D eigenvalue weighted by Crippen LogP contribution is 2.13. The molecule has 2 N–H and O–H groups in total. The van der Waals surface area contributed by atoms with Gasteiger partial charge in [0, 0.05) is 31.3 Å². The van der Waals surface area contributed by atoms with Gasteiger partial charge in [-0.2, -0.15) is 0 Å². The van der Waals surface area contributed by atoms with Gasteiger partial charge in [0.15, 0.2) is 9.84 Å². The molecule has 0 aromatic heterocycles. The van der Waals surface area contributed by atoms with Crippen molar-refractivity contribution in [2.75, 3.05) is 13.3 Å². The van der Waals surface area contributed by atoms with E-state index in [4.69, 9.17) is 18.0 Å². The lowest BCUT2D eigenvalue weighted by Gasteiger charge is -2.24. The number of hydrogen-bond acceptors (Lipinski definition) is 4. The van der Waals surface area contributed by atoms with Crippen molar-refractivity contribution in [1.29, 1.82) is 0 Å². The molecule has 20 heavy (non-hydrogen) atoms. The van der Waals surface area contributed by atoms with Gasteiger partial charge in [-0.15, -0.1) is 0 Å². The lowest BCUT2D eigenvalue weighted by atomic mass is 10.1. The molecule has 0 heterocycles. The number of sulfone groups is 1. The summed E-state index contributed by atoms with van der Waals surface area (Å²) >= 11 is 4.83. The SMILES string of the molecule is CC(CC(N)=S)N(C)C(=O)c1ccc(S(C)(=O)=O)cc1. The molecule has 1 aromatic rings. The van der Waals surface area contributed by atoms with Crippen LogP contribution in [0, 0.1) is 0 Å². The highest BCUT2D eigenvalue weighted by atomic mass is 32.2. The van der Waals surface area contributed by atoms with Gasteiger partial charge in [0.25, 0.3) is 5.91 Å². The Morgan fingerprint density at radius 1 is 1.35 bits per heavy atom. The second-order valence-corrected chi connectivity index (χ2v) is 7.27. The Kier molecular flexibility index (Phi) is 5.24. The molecule has 110 valence electrons. The van der Waals surface area contributed by atoms with Crippen LogP contribution in [0.3, 0.4) is 0 Å². The van der Waals surface area contributed by atoms with Crippen LogP contribution in [0.5, 0.6) is 0 Å². The van der Waals surface area contributed by atoms with Crippen molar-refractivity contribution in [1.82, 2.24) is 4.90 Å². The first kappa shape index (κ1) is 16.6. The van der Waals surface area contributed by atoms with Crippen LogP contribution in [0.25, 0.3) is 0 Å². The van der Waals surface area contributed by atoms with Crippen LogP contribution in [0.4, 0.5) is 0 Å². The third-order valence-corrected chi connectivity index (χ3v) is 4.30. The van der Waals surface area contributed by atoms with E-state index in [1.807, 2.05) is 6.92 Å². The van der Waals surface area contributed by atoms with Crippen molar-refractivity contribution in [2.45, 2.75) is 24.3 Å². The van der Waals surface area contributed by atoms with E-state index in [-0.39, 0.29) is 16.8 Å². The zero-order chi connectivity index (χ0) is 15.5. The van der Waals surface area contributed by atoms with Crippen LogP contribution in [0.15, 0.2) is 29.2 Å². The lowest BCUT2D eigenvalue weighted by molar-refractivity contribution is 0.0748. The number of nitrogens with zero attached hydrogens (tertiary/aromatic N) is 1. The summed E-state index contributed by atoms with van der Waals surface area (Å²) in [5.74, 6) is -0.200. The molecule has 0 aliphatic carbocycles. The van der Waals surface area contributed by atoms with Crippen molar-refractivity contribution in [3.05, 3.63) is 29.8 Å². The van der Waals surface area contributed by atoms with E-state index < -0.39 is 9.84 Å². The van der Waals surface area contributed by atoms with Crippen molar-refractivity contribution in [3.63, 3.8) is 0 Å². The van der Waals surface area contributed by atoms with Crippen molar-refractivity contribution in [3.8, 4) is 0 Å². The Bertz CT molecular complexity index is 609. The van der Waals surface area contributed by atoms with Gasteiger partial charge in [-0.1, -0.05) is 12.2 Å².